The van der Waals surface area contributed by atoms with Gasteiger partial charge in [0.15, 0.2) is 0 Å². The predicted octanol–water partition coefficient (Wildman–Crippen LogP) is 11.0. The summed E-state index contributed by atoms with van der Waals surface area (Å²) in [5.74, 6) is 0. The fraction of sp³-hybridized carbons (Fsp3) is 0.0233. The molecule has 0 amide bonds. The van der Waals surface area contributed by atoms with Crippen LogP contribution >= 0.6 is 0 Å². The Morgan fingerprint density at radius 2 is 0.605 bits per heavy atom. The lowest BCUT2D eigenvalue weighted by Crippen LogP contribution is -2.25. The van der Waals surface area contributed by atoms with Crippen LogP contribution < -0.4 is 0 Å². The molecular weight excluding hydrogens is 516 g/mol. The van der Waals surface area contributed by atoms with Gasteiger partial charge in [0.05, 0.1) is 5.41 Å². The molecule has 1 spiro atoms. The normalized spacial score (nSPS) is 13.3. The first-order valence-corrected chi connectivity index (χ1v) is 15.0. The van der Waals surface area contributed by atoms with Crippen molar-refractivity contribution in [2.24, 2.45) is 0 Å². The second-order valence-electron chi connectivity index (χ2n) is 11.7. The van der Waals surface area contributed by atoms with E-state index < -0.39 is 0 Å². The van der Waals surface area contributed by atoms with Crippen molar-refractivity contribution in [2.75, 3.05) is 0 Å². The Hall–Kier alpha value is -5.46. The van der Waals surface area contributed by atoms with Gasteiger partial charge in [0, 0.05) is 0 Å². The number of fused-ring (bicyclic) bond motifs is 10. The molecule has 0 heterocycles. The molecule has 9 rings (SSSR count). The van der Waals surface area contributed by atoms with Gasteiger partial charge in [-0.15, -0.1) is 0 Å². The van der Waals surface area contributed by atoms with Gasteiger partial charge in [-0.3, -0.25) is 0 Å². The van der Waals surface area contributed by atoms with Crippen LogP contribution in [0.25, 0.3) is 55.6 Å². The lowest BCUT2D eigenvalue weighted by molar-refractivity contribution is 0.794. The SMILES string of the molecule is c1ccc(-c2cc(-c3ccccc3)cc(-c3ccc4c(c3)-c3ccccc3C43c4ccccc4-c4ccccc43)c2)cc1. The molecule has 7 aromatic carbocycles. The number of hydrogen-bond acceptors (Lipinski definition) is 0. The van der Waals surface area contributed by atoms with Crippen molar-refractivity contribution < 1.29 is 0 Å². The molecule has 7 aromatic rings. The molecular formula is C43H28. The summed E-state index contributed by atoms with van der Waals surface area (Å²) in [4.78, 5) is 0. The lowest BCUT2D eigenvalue weighted by atomic mass is 9.70. The minimum atomic E-state index is -0.307. The van der Waals surface area contributed by atoms with E-state index in [1.165, 1.54) is 77.9 Å². The monoisotopic (exact) mass is 544 g/mol. The van der Waals surface area contributed by atoms with Crippen LogP contribution in [-0.4, -0.2) is 0 Å². The summed E-state index contributed by atoms with van der Waals surface area (Å²) < 4.78 is 0. The van der Waals surface area contributed by atoms with E-state index in [-0.39, 0.29) is 5.41 Å². The van der Waals surface area contributed by atoms with Crippen LogP contribution in [0.4, 0.5) is 0 Å². The Balaban J connectivity index is 1.30. The maximum Gasteiger partial charge on any atom is 0.0725 e. The number of benzene rings is 7. The molecule has 0 radical (unpaired) electrons. The topological polar surface area (TPSA) is 0 Å². The summed E-state index contributed by atoms with van der Waals surface area (Å²) in [5, 5.41) is 0. The minimum Gasteiger partial charge on any atom is -0.0622 e. The van der Waals surface area contributed by atoms with Gasteiger partial charge in [0.2, 0.25) is 0 Å². The van der Waals surface area contributed by atoms with Crippen LogP contribution in [0.15, 0.2) is 170 Å². The lowest BCUT2D eigenvalue weighted by Gasteiger charge is -2.30. The molecule has 0 aliphatic heterocycles. The van der Waals surface area contributed by atoms with Crippen molar-refractivity contribution in [3.8, 4) is 55.6 Å². The van der Waals surface area contributed by atoms with Crippen molar-refractivity contribution in [3.05, 3.63) is 192 Å². The Bertz CT molecular complexity index is 2070. The zero-order chi connectivity index (χ0) is 28.4. The van der Waals surface area contributed by atoms with Crippen LogP contribution in [0.3, 0.4) is 0 Å². The molecule has 0 saturated heterocycles. The highest BCUT2D eigenvalue weighted by Crippen LogP contribution is 2.62. The van der Waals surface area contributed by atoms with Gasteiger partial charge in [-0.25, -0.2) is 0 Å². The molecule has 2 aliphatic rings. The van der Waals surface area contributed by atoms with E-state index in [1.54, 1.807) is 0 Å². The minimum absolute atomic E-state index is 0.307. The maximum atomic E-state index is 2.44. The Morgan fingerprint density at radius 1 is 0.233 bits per heavy atom. The number of rotatable bonds is 3. The van der Waals surface area contributed by atoms with Gasteiger partial charge in [0.25, 0.3) is 0 Å². The molecule has 2 aliphatic carbocycles. The summed E-state index contributed by atoms with van der Waals surface area (Å²) >= 11 is 0. The second-order valence-corrected chi connectivity index (χ2v) is 11.7. The van der Waals surface area contributed by atoms with Crippen molar-refractivity contribution in [1.82, 2.24) is 0 Å². The Labute approximate surface area is 252 Å². The van der Waals surface area contributed by atoms with Crippen molar-refractivity contribution >= 4 is 0 Å². The zero-order valence-corrected chi connectivity index (χ0v) is 23.7. The molecule has 200 valence electrons. The highest BCUT2D eigenvalue weighted by molar-refractivity contribution is 5.96. The Morgan fingerprint density at radius 3 is 1.09 bits per heavy atom. The third kappa shape index (κ3) is 3.44. The fourth-order valence-electron chi connectivity index (χ4n) is 7.67. The van der Waals surface area contributed by atoms with Crippen LogP contribution in [0.2, 0.25) is 0 Å². The molecule has 0 bridgehead atoms. The van der Waals surface area contributed by atoms with Gasteiger partial charge in [-0.2, -0.15) is 0 Å². The quantitative estimate of drug-likeness (QED) is 0.207. The van der Waals surface area contributed by atoms with E-state index >= 15 is 0 Å². The van der Waals surface area contributed by atoms with Gasteiger partial charge >= 0.3 is 0 Å². The van der Waals surface area contributed by atoms with Crippen LogP contribution in [-0.2, 0) is 5.41 Å². The van der Waals surface area contributed by atoms with Crippen molar-refractivity contribution in [1.29, 1.82) is 0 Å². The molecule has 0 heteroatoms. The Kier molecular flexibility index (Phi) is 5.21. The van der Waals surface area contributed by atoms with E-state index in [9.17, 15) is 0 Å². The molecule has 0 fully saturated rings. The molecule has 0 saturated carbocycles. The highest BCUT2D eigenvalue weighted by atomic mass is 14.5. The van der Waals surface area contributed by atoms with Gasteiger partial charge < -0.3 is 0 Å². The third-order valence-corrected chi connectivity index (χ3v) is 9.48. The van der Waals surface area contributed by atoms with Gasteiger partial charge in [-0.1, -0.05) is 146 Å². The van der Waals surface area contributed by atoms with E-state index in [1.807, 2.05) is 0 Å². The summed E-state index contributed by atoms with van der Waals surface area (Å²) in [5.41, 5.74) is 17.9. The smallest absolute Gasteiger partial charge is 0.0622 e. The summed E-state index contributed by atoms with van der Waals surface area (Å²) in [7, 11) is 0. The fourth-order valence-corrected chi connectivity index (χ4v) is 7.67. The zero-order valence-electron chi connectivity index (χ0n) is 23.7. The first-order chi connectivity index (χ1) is 21.3. The molecule has 0 atom stereocenters. The van der Waals surface area contributed by atoms with Gasteiger partial charge in [-0.05, 0) is 102 Å². The molecule has 0 unspecified atom stereocenters. The van der Waals surface area contributed by atoms with E-state index in [0.29, 0.717) is 0 Å². The van der Waals surface area contributed by atoms with E-state index in [0.717, 1.165) is 0 Å². The first kappa shape index (κ1) is 24.2. The van der Waals surface area contributed by atoms with Crippen molar-refractivity contribution in [2.45, 2.75) is 5.41 Å². The van der Waals surface area contributed by atoms with Crippen LogP contribution in [0, 0.1) is 0 Å². The third-order valence-electron chi connectivity index (χ3n) is 9.48. The van der Waals surface area contributed by atoms with Gasteiger partial charge in [0.1, 0.15) is 0 Å². The molecule has 0 nitrogen and oxygen atoms in total. The summed E-state index contributed by atoms with van der Waals surface area (Å²) in [6.45, 7) is 0. The summed E-state index contributed by atoms with van der Waals surface area (Å²) in [6, 6.07) is 62.7. The molecule has 0 aromatic heterocycles. The van der Waals surface area contributed by atoms with E-state index in [4.69, 9.17) is 0 Å². The summed E-state index contributed by atoms with van der Waals surface area (Å²) in [6.07, 6.45) is 0. The number of hydrogen-bond donors (Lipinski definition) is 0. The largest absolute Gasteiger partial charge is 0.0725 e. The van der Waals surface area contributed by atoms with E-state index in [2.05, 4.69) is 170 Å². The van der Waals surface area contributed by atoms with Crippen LogP contribution in [0.1, 0.15) is 22.3 Å². The maximum absolute atomic E-state index is 2.44. The highest BCUT2D eigenvalue weighted by Gasteiger charge is 2.51. The average molecular weight is 545 g/mol. The average Bonchev–Trinajstić information content (AvgIpc) is 3.56. The second kappa shape index (κ2) is 9.28. The standard InChI is InChI=1S/C43H28/c1-3-13-29(14-4-1)32-25-33(30-15-5-2-6-16-30)27-34(26-32)31-23-24-42-38(28-31)37-19-9-12-22-41(37)43(42)39-20-10-7-17-35(39)36-18-8-11-21-40(36)43/h1-28H. The first-order valence-electron chi connectivity index (χ1n) is 15.0. The molecule has 0 N–H and O–H groups in total. The predicted molar refractivity (Wildman–Crippen MR) is 179 cm³/mol. The van der Waals surface area contributed by atoms with Crippen molar-refractivity contribution in [3.63, 3.8) is 0 Å². The van der Waals surface area contributed by atoms with Crippen LogP contribution in [0.5, 0.6) is 0 Å². The molecule has 43 heavy (non-hydrogen) atoms.